The van der Waals surface area contributed by atoms with E-state index < -0.39 is 0 Å². The number of rotatable bonds is 14. The molecular formula is C22H29ClN4O4. The van der Waals surface area contributed by atoms with Gasteiger partial charge in [-0.1, -0.05) is 11.6 Å². The standard InChI is InChI=1S/C22H29ClN4O4/c23-20-10-19(15-25-3-1-2-4-27(5-7-28)6-8-29)22(11-21(20)30)31-16-18-9-17(12-24)13-26-14-18/h9-11,13-14,25,28-30H,1-8,15-16H2. The van der Waals surface area contributed by atoms with Crippen LogP contribution < -0.4 is 10.1 Å². The minimum atomic E-state index is -0.0582. The minimum Gasteiger partial charge on any atom is -0.506 e. The third kappa shape index (κ3) is 8.69. The number of hydrogen-bond donors (Lipinski definition) is 4. The predicted molar refractivity (Wildman–Crippen MR) is 118 cm³/mol. The summed E-state index contributed by atoms with van der Waals surface area (Å²) in [7, 11) is 0. The number of nitrogens with zero attached hydrogens (tertiary/aromatic N) is 3. The van der Waals surface area contributed by atoms with E-state index >= 15 is 0 Å². The van der Waals surface area contributed by atoms with E-state index in [9.17, 15) is 5.11 Å². The van der Waals surface area contributed by atoms with Gasteiger partial charge < -0.3 is 25.4 Å². The summed E-state index contributed by atoms with van der Waals surface area (Å²) in [5, 5.41) is 40.6. The monoisotopic (exact) mass is 448 g/mol. The molecule has 0 amide bonds. The molecule has 0 atom stereocenters. The van der Waals surface area contributed by atoms with Crippen molar-refractivity contribution in [2.24, 2.45) is 0 Å². The van der Waals surface area contributed by atoms with Crippen LogP contribution in [0, 0.1) is 11.3 Å². The Labute approximate surface area is 187 Å². The average Bonchev–Trinajstić information content (AvgIpc) is 2.77. The molecule has 0 unspecified atom stereocenters. The lowest BCUT2D eigenvalue weighted by atomic mass is 10.1. The lowest BCUT2D eigenvalue weighted by Gasteiger charge is -2.19. The van der Waals surface area contributed by atoms with E-state index in [0.717, 1.165) is 37.1 Å². The van der Waals surface area contributed by atoms with Crippen LogP contribution in [-0.4, -0.2) is 64.6 Å². The molecule has 8 nitrogen and oxygen atoms in total. The van der Waals surface area contributed by atoms with Crippen molar-refractivity contribution >= 4 is 11.6 Å². The van der Waals surface area contributed by atoms with Crippen LogP contribution in [0.2, 0.25) is 5.02 Å². The van der Waals surface area contributed by atoms with Crippen LogP contribution in [-0.2, 0) is 13.2 Å². The maximum Gasteiger partial charge on any atom is 0.137 e. The largest absolute Gasteiger partial charge is 0.506 e. The van der Waals surface area contributed by atoms with Gasteiger partial charge in [0.25, 0.3) is 0 Å². The molecule has 2 rings (SSSR count). The van der Waals surface area contributed by atoms with Crippen LogP contribution in [0.25, 0.3) is 0 Å². The summed E-state index contributed by atoms with van der Waals surface area (Å²) in [6.45, 7) is 3.61. The van der Waals surface area contributed by atoms with E-state index in [-0.39, 0.29) is 30.6 Å². The first kappa shape index (κ1) is 24.9. The van der Waals surface area contributed by atoms with Crippen LogP contribution >= 0.6 is 11.6 Å². The lowest BCUT2D eigenvalue weighted by molar-refractivity contribution is 0.159. The van der Waals surface area contributed by atoms with Gasteiger partial charge in [0.15, 0.2) is 0 Å². The van der Waals surface area contributed by atoms with E-state index in [1.165, 1.54) is 12.3 Å². The molecule has 0 fully saturated rings. The Bertz CT molecular complexity index is 854. The summed E-state index contributed by atoms with van der Waals surface area (Å²) >= 11 is 6.07. The van der Waals surface area contributed by atoms with E-state index in [1.807, 2.05) is 11.0 Å². The molecule has 1 heterocycles. The zero-order chi connectivity index (χ0) is 22.5. The third-order valence-electron chi connectivity index (χ3n) is 4.67. The number of ether oxygens (including phenoxy) is 1. The van der Waals surface area contributed by atoms with E-state index in [2.05, 4.69) is 10.3 Å². The molecule has 0 aliphatic carbocycles. The fourth-order valence-corrected chi connectivity index (χ4v) is 3.26. The number of phenolic OH excluding ortho intramolecular Hbond substituents is 1. The number of halogens is 1. The molecule has 0 aliphatic heterocycles. The number of aliphatic hydroxyl groups is 2. The van der Waals surface area contributed by atoms with Gasteiger partial charge in [0.2, 0.25) is 0 Å². The van der Waals surface area contributed by atoms with Crippen LogP contribution in [0.4, 0.5) is 0 Å². The summed E-state index contributed by atoms with van der Waals surface area (Å²) in [4.78, 5) is 6.05. The number of nitriles is 1. The highest BCUT2D eigenvalue weighted by Crippen LogP contribution is 2.32. The first-order valence-electron chi connectivity index (χ1n) is 10.2. The topological polar surface area (TPSA) is 122 Å². The smallest absolute Gasteiger partial charge is 0.137 e. The maximum absolute atomic E-state index is 9.96. The van der Waals surface area contributed by atoms with Gasteiger partial charge in [0, 0.05) is 49.2 Å². The second kappa shape index (κ2) is 13.8. The third-order valence-corrected chi connectivity index (χ3v) is 4.98. The SMILES string of the molecule is N#Cc1cncc(COc2cc(O)c(Cl)cc2CNCCCCN(CCO)CCO)c1. The summed E-state index contributed by atoms with van der Waals surface area (Å²) in [5.41, 5.74) is 2.02. The van der Waals surface area contributed by atoms with Crippen LogP contribution in [0.15, 0.2) is 30.6 Å². The number of hydrogen-bond acceptors (Lipinski definition) is 8. The van der Waals surface area contributed by atoms with Crippen molar-refractivity contribution in [3.8, 4) is 17.6 Å². The van der Waals surface area contributed by atoms with Gasteiger partial charge in [-0.25, -0.2) is 0 Å². The molecule has 4 N–H and O–H groups in total. The zero-order valence-electron chi connectivity index (χ0n) is 17.4. The molecule has 0 aliphatic rings. The molecule has 0 bridgehead atoms. The molecule has 9 heteroatoms. The van der Waals surface area contributed by atoms with Gasteiger partial charge in [0.05, 0.1) is 23.8 Å². The molecule has 2 aromatic rings. The van der Waals surface area contributed by atoms with Gasteiger partial charge in [-0.15, -0.1) is 0 Å². The highest BCUT2D eigenvalue weighted by molar-refractivity contribution is 6.32. The van der Waals surface area contributed by atoms with E-state index in [1.54, 1.807) is 18.3 Å². The van der Waals surface area contributed by atoms with Crippen molar-refractivity contribution in [3.05, 3.63) is 52.3 Å². The van der Waals surface area contributed by atoms with E-state index in [4.69, 9.17) is 31.8 Å². The molecule has 0 spiro atoms. The molecule has 0 saturated heterocycles. The number of pyridine rings is 1. The van der Waals surface area contributed by atoms with Crippen molar-refractivity contribution in [2.45, 2.75) is 26.0 Å². The van der Waals surface area contributed by atoms with Crippen molar-refractivity contribution in [1.82, 2.24) is 15.2 Å². The summed E-state index contributed by atoms with van der Waals surface area (Å²) in [5.74, 6) is 0.450. The average molecular weight is 449 g/mol. The van der Waals surface area contributed by atoms with Crippen molar-refractivity contribution in [3.63, 3.8) is 0 Å². The molecule has 1 aromatic heterocycles. The minimum absolute atomic E-state index is 0.0582. The Morgan fingerprint density at radius 3 is 2.58 bits per heavy atom. The lowest BCUT2D eigenvalue weighted by Crippen LogP contribution is -2.31. The zero-order valence-corrected chi connectivity index (χ0v) is 18.2. The highest BCUT2D eigenvalue weighted by atomic mass is 35.5. The number of benzene rings is 1. The van der Waals surface area contributed by atoms with Crippen molar-refractivity contribution in [2.75, 3.05) is 39.4 Å². The van der Waals surface area contributed by atoms with E-state index in [0.29, 0.717) is 30.9 Å². The normalized spacial score (nSPS) is 10.9. The Balaban J connectivity index is 1.86. The second-order valence-electron chi connectivity index (χ2n) is 7.07. The first-order valence-corrected chi connectivity index (χ1v) is 10.6. The quantitative estimate of drug-likeness (QED) is 0.324. The summed E-state index contributed by atoms with van der Waals surface area (Å²) < 4.78 is 5.86. The van der Waals surface area contributed by atoms with Crippen molar-refractivity contribution < 1.29 is 20.1 Å². The number of aliphatic hydroxyl groups excluding tert-OH is 2. The molecule has 168 valence electrons. The predicted octanol–water partition coefficient (Wildman–Crippen LogP) is 2.05. The number of unbranched alkanes of at least 4 members (excludes halogenated alkanes) is 1. The Hall–Kier alpha value is -2.41. The number of phenols is 1. The van der Waals surface area contributed by atoms with Gasteiger partial charge >= 0.3 is 0 Å². The molecular weight excluding hydrogens is 420 g/mol. The van der Waals surface area contributed by atoms with Crippen LogP contribution in [0.5, 0.6) is 11.5 Å². The van der Waals surface area contributed by atoms with Crippen molar-refractivity contribution in [1.29, 1.82) is 5.26 Å². The van der Waals surface area contributed by atoms with Crippen LogP contribution in [0.1, 0.15) is 29.5 Å². The number of aromatic hydroxyl groups is 1. The summed E-state index contributed by atoms with van der Waals surface area (Å²) in [6, 6.07) is 6.91. The van der Waals surface area contributed by atoms with Crippen LogP contribution in [0.3, 0.4) is 0 Å². The molecule has 0 saturated carbocycles. The Morgan fingerprint density at radius 2 is 1.87 bits per heavy atom. The fraction of sp³-hybridized carbons (Fsp3) is 0.455. The number of nitrogens with one attached hydrogen (secondary N) is 1. The maximum atomic E-state index is 9.96. The van der Waals surface area contributed by atoms with Gasteiger partial charge in [-0.05, 0) is 38.1 Å². The Morgan fingerprint density at radius 1 is 1.10 bits per heavy atom. The molecule has 0 radical (unpaired) electrons. The second-order valence-corrected chi connectivity index (χ2v) is 7.47. The fourth-order valence-electron chi connectivity index (χ4n) is 3.07. The number of aromatic nitrogens is 1. The Kier molecular flexibility index (Phi) is 11.1. The van der Waals surface area contributed by atoms with Gasteiger partial charge in [-0.3, -0.25) is 9.88 Å². The summed E-state index contributed by atoms with van der Waals surface area (Å²) in [6.07, 6.45) is 4.99. The van der Waals surface area contributed by atoms with Gasteiger partial charge in [-0.2, -0.15) is 5.26 Å². The highest BCUT2D eigenvalue weighted by Gasteiger charge is 2.10. The van der Waals surface area contributed by atoms with Gasteiger partial charge in [0.1, 0.15) is 24.2 Å². The molecule has 31 heavy (non-hydrogen) atoms. The molecule has 1 aromatic carbocycles. The first-order chi connectivity index (χ1) is 15.1.